The van der Waals surface area contributed by atoms with E-state index >= 15 is 0 Å². The number of allylic oxidation sites excluding steroid dienone is 1. The van der Waals surface area contributed by atoms with Crippen molar-refractivity contribution in [3.05, 3.63) is 24.3 Å². The molecule has 0 aromatic carbocycles. The Morgan fingerprint density at radius 3 is 2.79 bits per heavy atom. The molecule has 1 spiro atoms. The van der Waals surface area contributed by atoms with Crippen LogP contribution in [0.4, 0.5) is 0 Å². The van der Waals surface area contributed by atoms with Gasteiger partial charge in [-0.2, -0.15) is 0 Å². The third kappa shape index (κ3) is 1.43. The highest BCUT2D eigenvalue weighted by Crippen LogP contribution is 2.73. The van der Waals surface area contributed by atoms with Gasteiger partial charge in [-0.25, -0.2) is 0 Å². The van der Waals surface area contributed by atoms with Gasteiger partial charge in [-0.1, -0.05) is 26.5 Å². The molecule has 1 saturated heterocycles. The number of aliphatic hydroxyl groups excluding tert-OH is 1. The molecule has 24 heavy (non-hydrogen) atoms. The molecule has 1 aliphatic heterocycles. The second-order valence-corrected chi connectivity index (χ2v) is 9.56. The molecule has 7 atom stereocenters. The summed E-state index contributed by atoms with van der Waals surface area (Å²) in [5.41, 5.74) is 1.03. The minimum Gasteiger partial charge on any atom is -0.388 e. The number of hydrogen-bond acceptors (Lipinski definition) is 3. The first-order valence-corrected chi connectivity index (χ1v) is 9.55. The molecule has 4 bridgehead atoms. The fourth-order valence-corrected chi connectivity index (χ4v) is 7.82. The molecular weight excluding hydrogens is 300 g/mol. The van der Waals surface area contributed by atoms with Gasteiger partial charge in [0, 0.05) is 11.3 Å². The topological polar surface area (TPSA) is 46.5 Å². The Hall–Kier alpha value is -0.930. The average molecular weight is 328 g/mol. The molecule has 3 nitrogen and oxygen atoms in total. The Labute approximate surface area is 144 Å². The van der Waals surface area contributed by atoms with Crippen molar-refractivity contribution in [1.82, 2.24) is 0 Å². The zero-order valence-electron chi connectivity index (χ0n) is 14.6. The summed E-state index contributed by atoms with van der Waals surface area (Å²) in [7, 11) is 0. The van der Waals surface area contributed by atoms with E-state index in [0.29, 0.717) is 5.92 Å². The first-order valence-electron chi connectivity index (χ1n) is 9.55. The van der Waals surface area contributed by atoms with Crippen molar-refractivity contribution in [3.63, 3.8) is 0 Å². The fourth-order valence-electron chi connectivity index (χ4n) is 7.82. The van der Waals surface area contributed by atoms with Crippen LogP contribution in [0, 0.1) is 34.0 Å². The van der Waals surface area contributed by atoms with Crippen molar-refractivity contribution in [2.24, 2.45) is 34.0 Å². The molecule has 6 rings (SSSR count). The lowest BCUT2D eigenvalue weighted by molar-refractivity contribution is -0.237. The van der Waals surface area contributed by atoms with Crippen LogP contribution < -0.4 is 0 Å². The number of aliphatic hydroxyl groups is 1. The third-order valence-electron chi connectivity index (χ3n) is 8.63. The summed E-state index contributed by atoms with van der Waals surface area (Å²) in [6, 6.07) is 0. The Balaban J connectivity index is 1.73. The average Bonchev–Trinajstić information content (AvgIpc) is 2.56. The van der Waals surface area contributed by atoms with Crippen LogP contribution in [0.5, 0.6) is 0 Å². The van der Waals surface area contributed by atoms with Crippen molar-refractivity contribution >= 4 is 5.78 Å². The Kier molecular flexibility index (Phi) is 2.83. The van der Waals surface area contributed by atoms with Gasteiger partial charge in [-0.05, 0) is 60.5 Å². The lowest BCUT2D eigenvalue weighted by Crippen LogP contribution is -2.72. The van der Waals surface area contributed by atoms with Gasteiger partial charge in [-0.3, -0.25) is 4.79 Å². The Morgan fingerprint density at radius 2 is 2.00 bits per heavy atom. The van der Waals surface area contributed by atoms with Crippen molar-refractivity contribution in [2.75, 3.05) is 13.2 Å². The van der Waals surface area contributed by atoms with Crippen LogP contribution in [0.15, 0.2) is 24.3 Å². The molecule has 1 heterocycles. The van der Waals surface area contributed by atoms with Gasteiger partial charge in [-0.15, -0.1) is 0 Å². The molecule has 130 valence electrons. The normalized spacial score (nSPS) is 56.0. The lowest BCUT2D eigenvalue weighted by atomic mass is 9.34. The second kappa shape index (κ2) is 4.42. The van der Waals surface area contributed by atoms with Crippen LogP contribution >= 0.6 is 0 Å². The van der Waals surface area contributed by atoms with Crippen molar-refractivity contribution in [1.29, 1.82) is 0 Å². The first kappa shape index (κ1) is 15.3. The highest BCUT2D eigenvalue weighted by Gasteiger charge is 2.73. The third-order valence-corrected chi connectivity index (χ3v) is 8.63. The Morgan fingerprint density at radius 1 is 1.21 bits per heavy atom. The van der Waals surface area contributed by atoms with E-state index in [-0.39, 0.29) is 28.4 Å². The van der Waals surface area contributed by atoms with Crippen LogP contribution in [0.25, 0.3) is 0 Å². The van der Waals surface area contributed by atoms with Crippen LogP contribution in [0.2, 0.25) is 0 Å². The standard InChI is InChI=1S/C21H28O3/c1-12-14-5-8-21(17(12)22)15(9-14)20-7-4-6-19(3,10-24-11-20)16(20)13(2)18(21)23/h14-17,22H,1-2,4-11H2,3H3/t14-,15?,16?,17+,19+,20-,21?/m1/s1. The quantitative estimate of drug-likeness (QED) is 0.548. The van der Waals surface area contributed by atoms with Gasteiger partial charge >= 0.3 is 0 Å². The van der Waals surface area contributed by atoms with Gasteiger partial charge in [0.25, 0.3) is 0 Å². The predicted molar refractivity (Wildman–Crippen MR) is 91.3 cm³/mol. The van der Waals surface area contributed by atoms with Crippen LogP contribution in [-0.2, 0) is 9.53 Å². The monoisotopic (exact) mass is 328 g/mol. The zero-order valence-corrected chi connectivity index (χ0v) is 14.6. The fraction of sp³-hybridized carbons (Fsp3) is 0.762. The van der Waals surface area contributed by atoms with E-state index in [2.05, 4.69) is 20.1 Å². The number of carbonyl (C=O) groups excluding carboxylic acids is 1. The molecule has 0 amide bonds. The van der Waals surface area contributed by atoms with E-state index in [9.17, 15) is 9.90 Å². The van der Waals surface area contributed by atoms with Crippen LogP contribution in [-0.4, -0.2) is 30.2 Å². The smallest absolute Gasteiger partial charge is 0.167 e. The number of rotatable bonds is 0. The van der Waals surface area contributed by atoms with Crippen molar-refractivity contribution in [2.45, 2.75) is 51.6 Å². The number of carbonyl (C=O) groups is 1. The summed E-state index contributed by atoms with van der Waals surface area (Å²) in [5, 5.41) is 11.1. The molecule has 0 aromatic rings. The first-order chi connectivity index (χ1) is 11.4. The second-order valence-electron chi connectivity index (χ2n) is 9.56. The molecule has 6 aliphatic rings. The molecule has 6 fully saturated rings. The Bertz CT molecular complexity index is 652. The number of ether oxygens (including phenoxy) is 1. The molecular formula is C21H28O3. The maximum absolute atomic E-state index is 13.6. The number of Topliss-reactive ketones (excluding diaryl/α,β-unsaturated/α-hetero) is 1. The summed E-state index contributed by atoms with van der Waals surface area (Å²) >= 11 is 0. The molecule has 3 heteroatoms. The number of ketones is 1. The van der Waals surface area contributed by atoms with Gasteiger partial charge < -0.3 is 9.84 Å². The molecule has 1 N–H and O–H groups in total. The number of hydrogen-bond donors (Lipinski definition) is 1. The predicted octanol–water partition coefficient (Wildman–Crippen LogP) is 3.28. The minimum absolute atomic E-state index is 0.00338. The zero-order chi connectivity index (χ0) is 16.9. The summed E-state index contributed by atoms with van der Waals surface area (Å²) in [4.78, 5) is 13.6. The highest BCUT2D eigenvalue weighted by molar-refractivity contribution is 6.02. The van der Waals surface area contributed by atoms with Crippen LogP contribution in [0.1, 0.15) is 45.4 Å². The van der Waals surface area contributed by atoms with Gasteiger partial charge in [0.1, 0.15) is 0 Å². The molecule has 5 saturated carbocycles. The molecule has 0 aromatic heterocycles. The maximum Gasteiger partial charge on any atom is 0.167 e. The van der Waals surface area contributed by atoms with E-state index in [1.165, 1.54) is 6.42 Å². The van der Waals surface area contributed by atoms with Gasteiger partial charge in [0.05, 0.1) is 24.7 Å². The molecule has 3 unspecified atom stereocenters. The van der Waals surface area contributed by atoms with E-state index < -0.39 is 11.5 Å². The largest absolute Gasteiger partial charge is 0.388 e. The molecule has 0 radical (unpaired) electrons. The van der Waals surface area contributed by atoms with Gasteiger partial charge in [0.15, 0.2) is 5.78 Å². The van der Waals surface area contributed by atoms with E-state index in [0.717, 1.165) is 56.5 Å². The summed E-state index contributed by atoms with van der Waals surface area (Å²) in [6.45, 7) is 12.2. The van der Waals surface area contributed by atoms with Crippen LogP contribution in [0.3, 0.4) is 0 Å². The van der Waals surface area contributed by atoms with Gasteiger partial charge in [0.2, 0.25) is 0 Å². The summed E-state index contributed by atoms with van der Waals surface area (Å²) in [5.74, 6) is 0.980. The summed E-state index contributed by atoms with van der Waals surface area (Å²) < 4.78 is 6.14. The van der Waals surface area contributed by atoms with E-state index in [1.54, 1.807) is 0 Å². The number of fused-ring (bicyclic) bond motifs is 2. The van der Waals surface area contributed by atoms with E-state index in [1.807, 2.05) is 0 Å². The molecule has 5 aliphatic carbocycles. The maximum atomic E-state index is 13.6. The minimum atomic E-state index is -0.690. The van der Waals surface area contributed by atoms with Crippen molar-refractivity contribution < 1.29 is 14.6 Å². The lowest BCUT2D eigenvalue weighted by Gasteiger charge is -2.70. The highest BCUT2D eigenvalue weighted by atomic mass is 16.5. The summed E-state index contributed by atoms with van der Waals surface area (Å²) in [6.07, 6.45) is 5.53. The SMILES string of the molecule is C=C1C(=O)C23CC[C@H](CC2[C@@]24CCC[C@@](C)(COC2)C14)C(=C)[C@@H]3O. The van der Waals surface area contributed by atoms with E-state index in [4.69, 9.17) is 4.74 Å². The van der Waals surface area contributed by atoms with Crippen molar-refractivity contribution in [3.8, 4) is 0 Å².